The van der Waals surface area contributed by atoms with Crippen LogP contribution >= 0.6 is 11.6 Å². The molecule has 1 amide bonds. The molecule has 3 rings (SSSR count). The van der Waals surface area contributed by atoms with E-state index >= 15 is 0 Å². The van der Waals surface area contributed by atoms with Crippen molar-refractivity contribution in [1.82, 2.24) is 10.1 Å². The largest absolute Gasteiger partial charge is 0.494 e. The molecular weight excluding hydrogens is 394 g/mol. The minimum Gasteiger partial charge on any atom is -0.494 e. The number of ether oxygens (including phenoxy) is 2. The first kappa shape index (κ1) is 20.7. The van der Waals surface area contributed by atoms with Gasteiger partial charge in [-0.05, 0) is 50.2 Å². The molecule has 0 fully saturated rings. The summed E-state index contributed by atoms with van der Waals surface area (Å²) in [6.45, 7) is 4.81. The van der Waals surface area contributed by atoms with Gasteiger partial charge in [0.15, 0.2) is 0 Å². The van der Waals surface area contributed by atoms with E-state index in [-0.39, 0.29) is 12.3 Å². The molecular formula is C21H22ClN3O4. The summed E-state index contributed by atoms with van der Waals surface area (Å²) in [5.74, 6) is 1.91. The second-order valence-electron chi connectivity index (χ2n) is 6.09. The number of carbonyl (C=O) groups excluding carboxylic acids is 1. The molecule has 7 nitrogen and oxygen atoms in total. The highest BCUT2D eigenvalue weighted by Gasteiger charge is 2.13. The van der Waals surface area contributed by atoms with Crippen molar-refractivity contribution in [3.8, 4) is 22.9 Å². The molecule has 0 unspecified atom stereocenters. The van der Waals surface area contributed by atoms with E-state index < -0.39 is 0 Å². The molecule has 3 aromatic rings. The van der Waals surface area contributed by atoms with Gasteiger partial charge >= 0.3 is 0 Å². The second kappa shape index (κ2) is 9.93. The van der Waals surface area contributed by atoms with Gasteiger partial charge in [-0.25, -0.2) is 0 Å². The van der Waals surface area contributed by atoms with Crippen molar-refractivity contribution in [3.63, 3.8) is 0 Å². The van der Waals surface area contributed by atoms with Crippen molar-refractivity contribution < 1.29 is 18.8 Å². The third-order valence-electron chi connectivity index (χ3n) is 3.97. The summed E-state index contributed by atoms with van der Waals surface area (Å²) in [5, 5.41) is 7.45. The molecule has 0 radical (unpaired) electrons. The summed E-state index contributed by atoms with van der Waals surface area (Å²) < 4.78 is 16.3. The first-order valence-corrected chi connectivity index (χ1v) is 9.74. The fourth-order valence-corrected chi connectivity index (χ4v) is 2.78. The summed E-state index contributed by atoms with van der Waals surface area (Å²) in [6.07, 6.45) is 0.508. The molecule has 0 saturated carbocycles. The highest BCUT2D eigenvalue weighted by molar-refractivity contribution is 6.30. The van der Waals surface area contributed by atoms with Crippen LogP contribution in [0.4, 0.5) is 5.69 Å². The summed E-state index contributed by atoms with van der Waals surface area (Å²) in [4.78, 5) is 16.7. The minimum absolute atomic E-state index is 0.187. The Hall–Kier alpha value is -3.06. The number of rotatable bonds is 9. The van der Waals surface area contributed by atoms with E-state index in [9.17, 15) is 4.79 Å². The average molecular weight is 416 g/mol. The first-order chi connectivity index (χ1) is 14.1. The number of hydrogen-bond donors (Lipinski definition) is 1. The van der Waals surface area contributed by atoms with Gasteiger partial charge < -0.3 is 19.3 Å². The lowest BCUT2D eigenvalue weighted by atomic mass is 10.2. The first-order valence-electron chi connectivity index (χ1n) is 9.37. The molecule has 1 aromatic heterocycles. The Kier molecular flexibility index (Phi) is 7.08. The van der Waals surface area contributed by atoms with E-state index in [0.29, 0.717) is 53.6 Å². The van der Waals surface area contributed by atoms with Gasteiger partial charge in [-0.3, -0.25) is 4.79 Å². The topological polar surface area (TPSA) is 86.5 Å². The Morgan fingerprint density at radius 1 is 1.10 bits per heavy atom. The van der Waals surface area contributed by atoms with Gasteiger partial charge in [0.2, 0.25) is 17.6 Å². The van der Waals surface area contributed by atoms with E-state index in [2.05, 4.69) is 15.5 Å². The van der Waals surface area contributed by atoms with Gasteiger partial charge in [0.25, 0.3) is 0 Å². The number of hydrogen-bond acceptors (Lipinski definition) is 6. The third-order valence-corrected chi connectivity index (χ3v) is 4.22. The van der Waals surface area contributed by atoms with Crippen LogP contribution in [0.25, 0.3) is 11.4 Å². The number of carbonyl (C=O) groups is 1. The molecule has 2 aromatic carbocycles. The van der Waals surface area contributed by atoms with Gasteiger partial charge in [-0.15, -0.1) is 0 Å². The van der Waals surface area contributed by atoms with Gasteiger partial charge in [-0.2, -0.15) is 4.98 Å². The van der Waals surface area contributed by atoms with E-state index in [1.807, 2.05) is 26.0 Å². The number of halogens is 1. The van der Waals surface area contributed by atoms with E-state index in [1.54, 1.807) is 30.3 Å². The lowest BCUT2D eigenvalue weighted by molar-refractivity contribution is -0.116. The molecule has 0 saturated heterocycles. The van der Waals surface area contributed by atoms with Crippen LogP contribution in [0.1, 0.15) is 26.2 Å². The zero-order valence-electron chi connectivity index (χ0n) is 16.3. The molecule has 0 aliphatic heterocycles. The van der Waals surface area contributed by atoms with Crippen LogP contribution in [0.3, 0.4) is 0 Å². The van der Waals surface area contributed by atoms with Crippen LogP contribution in [-0.2, 0) is 11.2 Å². The Balaban J connectivity index is 1.61. The van der Waals surface area contributed by atoms with Crippen molar-refractivity contribution in [1.29, 1.82) is 0 Å². The number of amides is 1. The van der Waals surface area contributed by atoms with Crippen LogP contribution in [-0.4, -0.2) is 29.3 Å². The number of nitrogens with one attached hydrogen (secondary N) is 1. The van der Waals surface area contributed by atoms with Crippen molar-refractivity contribution >= 4 is 23.2 Å². The Labute approximate surface area is 174 Å². The Bertz CT molecular complexity index is 957. The van der Waals surface area contributed by atoms with Crippen molar-refractivity contribution in [2.45, 2.75) is 26.7 Å². The van der Waals surface area contributed by atoms with Crippen LogP contribution < -0.4 is 14.8 Å². The quantitative estimate of drug-likeness (QED) is 0.542. The van der Waals surface area contributed by atoms with Crippen molar-refractivity contribution in [3.05, 3.63) is 53.4 Å². The molecule has 0 spiro atoms. The van der Waals surface area contributed by atoms with Crippen LogP contribution in [0, 0.1) is 0 Å². The Morgan fingerprint density at radius 3 is 2.59 bits per heavy atom. The number of nitrogens with zero attached hydrogens (tertiary/aromatic N) is 2. The summed E-state index contributed by atoms with van der Waals surface area (Å²) in [7, 11) is 0. The number of anilines is 1. The smallest absolute Gasteiger partial charge is 0.227 e. The maximum absolute atomic E-state index is 12.4. The average Bonchev–Trinajstić information content (AvgIpc) is 3.18. The van der Waals surface area contributed by atoms with Crippen LogP contribution in [0.5, 0.6) is 11.5 Å². The van der Waals surface area contributed by atoms with E-state index in [4.69, 9.17) is 25.6 Å². The molecule has 0 bridgehead atoms. The normalized spacial score (nSPS) is 10.6. The van der Waals surface area contributed by atoms with Gasteiger partial charge in [0.05, 0.1) is 18.9 Å². The minimum atomic E-state index is -0.189. The lowest BCUT2D eigenvalue weighted by Crippen LogP contribution is -2.13. The molecule has 0 aliphatic carbocycles. The number of aromatic nitrogens is 2. The number of benzene rings is 2. The lowest BCUT2D eigenvalue weighted by Gasteiger charge is -2.13. The van der Waals surface area contributed by atoms with Crippen LogP contribution in [0.15, 0.2) is 47.0 Å². The zero-order chi connectivity index (χ0) is 20.6. The second-order valence-corrected chi connectivity index (χ2v) is 6.53. The molecule has 1 N–H and O–H groups in total. The van der Waals surface area contributed by atoms with E-state index in [1.165, 1.54) is 0 Å². The predicted molar refractivity (Wildman–Crippen MR) is 110 cm³/mol. The highest BCUT2D eigenvalue weighted by Crippen LogP contribution is 2.29. The zero-order valence-corrected chi connectivity index (χ0v) is 17.0. The SMILES string of the molecule is CCOc1ccc(OCC)c(NC(=O)CCc2nc(-c3ccc(Cl)cc3)no2)c1. The van der Waals surface area contributed by atoms with Gasteiger partial charge in [-0.1, -0.05) is 16.8 Å². The standard InChI is InChI=1S/C21H22ClN3O4/c1-3-27-16-9-10-18(28-4-2)17(13-16)23-19(26)11-12-20-24-21(25-29-20)14-5-7-15(22)8-6-14/h5-10,13H,3-4,11-12H2,1-2H3,(H,23,26). The molecule has 29 heavy (non-hydrogen) atoms. The summed E-state index contributed by atoms with van der Waals surface area (Å²) in [6, 6.07) is 12.5. The van der Waals surface area contributed by atoms with Crippen LogP contribution in [0.2, 0.25) is 5.02 Å². The molecule has 152 valence electrons. The highest BCUT2D eigenvalue weighted by atomic mass is 35.5. The fraction of sp³-hybridized carbons (Fsp3) is 0.286. The molecule has 0 atom stereocenters. The number of aryl methyl sites for hydroxylation is 1. The van der Waals surface area contributed by atoms with Gasteiger partial charge in [0, 0.05) is 29.5 Å². The molecule has 1 heterocycles. The monoisotopic (exact) mass is 415 g/mol. The maximum Gasteiger partial charge on any atom is 0.227 e. The van der Waals surface area contributed by atoms with Crippen molar-refractivity contribution in [2.24, 2.45) is 0 Å². The Morgan fingerprint density at radius 2 is 1.86 bits per heavy atom. The summed E-state index contributed by atoms with van der Waals surface area (Å²) >= 11 is 5.89. The summed E-state index contributed by atoms with van der Waals surface area (Å²) in [5.41, 5.74) is 1.36. The molecule has 0 aliphatic rings. The molecule has 8 heteroatoms. The van der Waals surface area contributed by atoms with Gasteiger partial charge in [0.1, 0.15) is 11.5 Å². The van der Waals surface area contributed by atoms with Crippen molar-refractivity contribution in [2.75, 3.05) is 18.5 Å². The fourth-order valence-electron chi connectivity index (χ4n) is 2.65. The maximum atomic E-state index is 12.4. The predicted octanol–water partition coefficient (Wildman–Crippen LogP) is 4.76. The third kappa shape index (κ3) is 5.71. The van der Waals surface area contributed by atoms with E-state index in [0.717, 1.165) is 5.56 Å².